The van der Waals surface area contributed by atoms with Crippen LogP contribution in [0.1, 0.15) is 5.69 Å². The largest absolute Gasteiger partial charge is 0.505 e. The molecule has 0 aliphatic carbocycles. The van der Waals surface area contributed by atoms with Crippen molar-refractivity contribution in [3.8, 4) is 17.6 Å². The van der Waals surface area contributed by atoms with E-state index < -0.39 is 5.97 Å². The maximum Gasteiger partial charge on any atom is 0.384 e. The highest BCUT2D eigenvalue weighted by Crippen LogP contribution is 2.19. The van der Waals surface area contributed by atoms with Crippen molar-refractivity contribution >= 4 is 17.6 Å². The number of ether oxygens (including phenoxy) is 1. The van der Waals surface area contributed by atoms with E-state index >= 15 is 0 Å². The molecule has 1 aromatic rings. The quantitative estimate of drug-likeness (QED) is 0.395. The number of aromatic hydroxyl groups is 1. The van der Waals surface area contributed by atoms with Crippen molar-refractivity contribution < 1.29 is 14.6 Å². The minimum Gasteiger partial charge on any atom is -0.505 e. The zero-order valence-electron chi connectivity index (χ0n) is 7.24. The summed E-state index contributed by atoms with van der Waals surface area (Å²) in [5.41, 5.74) is 0.290. The maximum atomic E-state index is 10.6. The van der Waals surface area contributed by atoms with Crippen molar-refractivity contribution in [1.29, 1.82) is 0 Å². The molecule has 0 bridgehead atoms. The van der Waals surface area contributed by atoms with Crippen LogP contribution < -0.4 is 0 Å². The number of aromatic nitrogens is 1. The second-order valence-electron chi connectivity index (χ2n) is 2.25. The van der Waals surface area contributed by atoms with Crippen LogP contribution in [0, 0.1) is 11.8 Å². The molecule has 0 aromatic carbocycles. The van der Waals surface area contributed by atoms with Crippen molar-refractivity contribution in [3.63, 3.8) is 0 Å². The first-order valence-corrected chi connectivity index (χ1v) is 3.96. The Hall–Kier alpha value is -1.73. The number of carbonyl (C=O) groups is 1. The van der Waals surface area contributed by atoms with Crippen LogP contribution in [-0.2, 0) is 9.53 Å². The lowest BCUT2D eigenvalue weighted by Gasteiger charge is -1.94. The highest BCUT2D eigenvalue weighted by atomic mass is 35.5. The van der Waals surface area contributed by atoms with E-state index in [1.807, 2.05) is 0 Å². The molecule has 0 fully saturated rings. The summed E-state index contributed by atoms with van der Waals surface area (Å²) in [7, 11) is 1.23. The van der Waals surface area contributed by atoms with Gasteiger partial charge in [-0.1, -0.05) is 11.6 Å². The highest BCUT2D eigenvalue weighted by Gasteiger charge is 1.99. The van der Waals surface area contributed by atoms with Crippen LogP contribution in [0.5, 0.6) is 5.75 Å². The molecular formula is C9H6ClNO3. The maximum absolute atomic E-state index is 10.6. The van der Waals surface area contributed by atoms with Gasteiger partial charge in [-0.15, -0.1) is 0 Å². The number of halogens is 1. The average molecular weight is 212 g/mol. The molecule has 0 amide bonds. The second-order valence-corrected chi connectivity index (χ2v) is 2.61. The van der Waals surface area contributed by atoms with Crippen LogP contribution in [-0.4, -0.2) is 23.2 Å². The Morgan fingerprint density at radius 2 is 2.36 bits per heavy atom. The lowest BCUT2D eigenvalue weighted by molar-refractivity contribution is -0.133. The standard InChI is InChI=1S/C9H6ClNO3/c1-14-8(13)5-3-6-2-4-7(12)9(10)11-6/h2,4,12H,1H3. The molecule has 0 aliphatic heterocycles. The summed E-state index contributed by atoms with van der Waals surface area (Å²) in [5.74, 6) is 3.83. The number of hydrogen-bond donors (Lipinski definition) is 1. The van der Waals surface area contributed by atoms with Crippen LogP contribution >= 0.6 is 11.6 Å². The molecule has 1 heterocycles. The van der Waals surface area contributed by atoms with Crippen LogP contribution in [0.4, 0.5) is 0 Å². The first kappa shape index (κ1) is 10.4. The van der Waals surface area contributed by atoms with E-state index in [2.05, 4.69) is 21.6 Å². The van der Waals surface area contributed by atoms with Gasteiger partial charge >= 0.3 is 5.97 Å². The van der Waals surface area contributed by atoms with E-state index in [9.17, 15) is 4.79 Å². The molecule has 0 atom stereocenters. The molecule has 0 saturated carbocycles. The van der Waals surface area contributed by atoms with E-state index in [4.69, 9.17) is 16.7 Å². The molecule has 14 heavy (non-hydrogen) atoms. The lowest BCUT2D eigenvalue weighted by Crippen LogP contribution is -1.94. The van der Waals surface area contributed by atoms with Crippen LogP contribution in [0.2, 0.25) is 5.15 Å². The minimum atomic E-state index is -0.656. The molecule has 1 aromatic heterocycles. The Labute approximate surface area is 85.5 Å². The van der Waals surface area contributed by atoms with Gasteiger partial charge in [0.05, 0.1) is 7.11 Å². The molecular weight excluding hydrogens is 206 g/mol. The molecule has 0 aliphatic rings. The molecule has 0 spiro atoms. The Bertz CT molecular complexity index is 420. The topological polar surface area (TPSA) is 59.4 Å². The summed E-state index contributed by atoms with van der Waals surface area (Å²) in [6, 6.07) is 2.79. The predicted octanol–water partition coefficient (Wildman–Crippen LogP) is 0.965. The van der Waals surface area contributed by atoms with Gasteiger partial charge < -0.3 is 9.84 Å². The van der Waals surface area contributed by atoms with Crippen molar-refractivity contribution in [2.75, 3.05) is 7.11 Å². The highest BCUT2D eigenvalue weighted by molar-refractivity contribution is 6.30. The van der Waals surface area contributed by atoms with Gasteiger partial charge in [-0.25, -0.2) is 9.78 Å². The van der Waals surface area contributed by atoms with Gasteiger partial charge in [0.15, 0.2) is 10.9 Å². The van der Waals surface area contributed by atoms with E-state index in [0.29, 0.717) is 5.69 Å². The number of hydrogen-bond acceptors (Lipinski definition) is 4. The van der Waals surface area contributed by atoms with Gasteiger partial charge in [-0.2, -0.15) is 0 Å². The van der Waals surface area contributed by atoms with Crippen molar-refractivity contribution in [2.24, 2.45) is 0 Å². The Kier molecular flexibility index (Phi) is 3.32. The van der Waals surface area contributed by atoms with E-state index in [1.54, 1.807) is 0 Å². The molecule has 4 nitrogen and oxygen atoms in total. The third-order valence-electron chi connectivity index (χ3n) is 1.31. The van der Waals surface area contributed by atoms with Crippen molar-refractivity contribution in [2.45, 2.75) is 0 Å². The molecule has 1 N–H and O–H groups in total. The van der Waals surface area contributed by atoms with Gasteiger partial charge in [0.1, 0.15) is 5.69 Å². The van der Waals surface area contributed by atoms with Gasteiger partial charge in [0.25, 0.3) is 0 Å². The number of nitrogens with zero attached hydrogens (tertiary/aromatic N) is 1. The second kappa shape index (κ2) is 4.49. The molecule has 0 saturated heterocycles. The summed E-state index contributed by atoms with van der Waals surface area (Å²) in [5, 5.41) is 8.98. The normalized spacial score (nSPS) is 8.71. The van der Waals surface area contributed by atoms with Crippen molar-refractivity contribution in [3.05, 3.63) is 23.0 Å². The first-order chi connectivity index (χ1) is 6.63. The number of rotatable bonds is 0. The summed E-state index contributed by atoms with van der Waals surface area (Å²) < 4.78 is 4.30. The number of esters is 1. The van der Waals surface area contributed by atoms with Gasteiger partial charge in [-0.05, 0) is 18.1 Å². The fourth-order valence-electron chi connectivity index (χ4n) is 0.663. The fraction of sp³-hybridized carbons (Fsp3) is 0.111. The number of pyridine rings is 1. The number of methoxy groups -OCH3 is 1. The lowest BCUT2D eigenvalue weighted by atomic mass is 10.3. The molecule has 5 heteroatoms. The Morgan fingerprint density at radius 1 is 1.64 bits per heavy atom. The monoisotopic (exact) mass is 211 g/mol. The van der Waals surface area contributed by atoms with Crippen LogP contribution in [0.3, 0.4) is 0 Å². The molecule has 0 unspecified atom stereocenters. The van der Waals surface area contributed by atoms with E-state index in [-0.39, 0.29) is 10.9 Å². The van der Waals surface area contributed by atoms with E-state index in [0.717, 1.165) is 0 Å². The molecule has 72 valence electrons. The fourth-order valence-corrected chi connectivity index (χ4v) is 0.817. The SMILES string of the molecule is COC(=O)C#Cc1ccc(O)c(Cl)n1. The smallest absolute Gasteiger partial charge is 0.384 e. The third kappa shape index (κ3) is 2.64. The van der Waals surface area contributed by atoms with Crippen molar-refractivity contribution in [1.82, 2.24) is 4.98 Å². The Balaban J connectivity index is 2.91. The summed E-state index contributed by atoms with van der Waals surface area (Å²) in [4.78, 5) is 14.3. The number of carbonyl (C=O) groups excluding carboxylic acids is 1. The summed E-state index contributed by atoms with van der Waals surface area (Å²) in [6.45, 7) is 0. The molecule has 1 rings (SSSR count). The van der Waals surface area contributed by atoms with Gasteiger partial charge in [0.2, 0.25) is 0 Å². The average Bonchev–Trinajstić information content (AvgIpc) is 2.19. The van der Waals surface area contributed by atoms with Gasteiger partial charge in [0, 0.05) is 5.92 Å². The minimum absolute atomic E-state index is 0.0540. The van der Waals surface area contributed by atoms with Crippen LogP contribution in [0.15, 0.2) is 12.1 Å². The first-order valence-electron chi connectivity index (χ1n) is 3.59. The van der Waals surface area contributed by atoms with E-state index in [1.165, 1.54) is 19.2 Å². The van der Waals surface area contributed by atoms with Gasteiger partial charge in [-0.3, -0.25) is 0 Å². The predicted molar refractivity (Wildman–Crippen MR) is 49.8 cm³/mol. The summed E-state index contributed by atoms with van der Waals surface area (Å²) >= 11 is 5.52. The third-order valence-corrected chi connectivity index (χ3v) is 1.59. The summed E-state index contributed by atoms with van der Waals surface area (Å²) in [6.07, 6.45) is 0. The zero-order chi connectivity index (χ0) is 10.6. The zero-order valence-corrected chi connectivity index (χ0v) is 8.00. The molecule has 0 radical (unpaired) electrons. The Morgan fingerprint density at radius 3 is 2.93 bits per heavy atom. The van der Waals surface area contributed by atoms with Crippen LogP contribution in [0.25, 0.3) is 0 Å².